The Labute approximate surface area is 383 Å². The molecule has 2 aromatic rings. The number of hydrogen-bond donors (Lipinski definition) is 2. The Morgan fingerprint density at radius 3 is 1.76 bits per heavy atom. The summed E-state index contributed by atoms with van der Waals surface area (Å²) < 4.78 is 64.0. The highest BCUT2D eigenvalue weighted by Gasteiger charge is 2.32. The molecule has 1 saturated carbocycles. The lowest BCUT2D eigenvalue weighted by atomic mass is 9.84. The predicted octanol–water partition coefficient (Wildman–Crippen LogP) is 6.66. The van der Waals surface area contributed by atoms with E-state index in [1.54, 1.807) is 26.0 Å². The van der Waals surface area contributed by atoms with Crippen LogP contribution in [0.4, 0.5) is 28.9 Å². The van der Waals surface area contributed by atoms with Gasteiger partial charge < -0.3 is 30.3 Å². The third kappa shape index (κ3) is 17.4. The average Bonchev–Trinajstić information content (AvgIpc) is 3.25. The Kier molecular flexibility index (Phi) is 22.5. The number of nitrogens with two attached hydrogens (primary N) is 1. The summed E-state index contributed by atoms with van der Waals surface area (Å²) in [6, 6.07) is 8.71. The van der Waals surface area contributed by atoms with Crippen molar-refractivity contribution in [3.8, 4) is 11.5 Å². The number of piperazine rings is 2. The zero-order valence-electron chi connectivity index (χ0n) is 37.1. The van der Waals surface area contributed by atoms with Crippen molar-refractivity contribution in [3.63, 3.8) is 0 Å². The van der Waals surface area contributed by atoms with E-state index in [4.69, 9.17) is 15.2 Å². The predicted molar refractivity (Wildman–Crippen MR) is 244 cm³/mol. The van der Waals surface area contributed by atoms with Crippen molar-refractivity contribution in [1.29, 1.82) is 0 Å². The fourth-order valence-corrected chi connectivity index (χ4v) is 9.01. The van der Waals surface area contributed by atoms with E-state index in [0.29, 0.717) is 38.6 Å². The minimum atomic E-state index is -4.49. The standard InChI is InChI=1S/C23H32F4N4O2.C22H35N3O3.2ClH/c24-19-6-3-17(23(25,26)27)15-20(19)31-13-11-30(12-14-31)10-9-16-1-4-18(5-2-16)29-22(33)8-7-21(28)32;1-18(26)17-24-10-7-19(8-11-24)6-9-23-12-14-25(15-13-23)21-16-20(27-2)4-5-22(21)28-3;;/h3,6,15-16,18H,1-2,4-5,7-14H2,(H2,28,32)(H,29,33);4-5,16,19H,6-15,17H2,1-3H3;2*1H. The number of ether oxygens (including phenoxy) is 2. The third-order valence-corrected chi connectivity index (χ3v) is 12.8. The number of carbonyl (C=O) groups is 3. The van der Waals surface area contributed by atoms with Gasteiger partial charge in [0.2, 0.25) is 11.8 Å². The minimum absolute atomic E-state index is 0. The minimum Gasteiger partial charge on any atom is -0.497 e. The molecule has 356 valence electrons. The topological polar surface area (TPSA) is 124 Å². The molecule has 12 nitrogen and oxygen atoms in total. The van der Waals surface area contributed by atoms with E-state index in [-0.39, 0.29) is 61.1 Å². The molecule has 4 fully saturated rings. The van der Waals surface area contributed by atoms with Crippen LogP contribution in [0, 0.1) is 17.7 Å². The largest absolute Gasteiger partial charge is 0.497 e. The number of rotatable bonds is 16. The van der Waals surface area contributed by atoms with Gasteiger partial charge in [0.25, 0.3) is 0 Å². The lowest BCUT2D eigenvalue weighted by Gasteiger charge is -2.38. The summed E-state index contributed by atoms with van der Waals surface area (Å²) in [5.74, 6) is 2.20. The molecule has 0 radical (unpaired) electrons. The van der Waals surface area contributed by atoms with Gasteiger partial charge in [0, 0.05) is 77.3 Å². The van der Waals surface area contributed by atoms with Crippen molar-refractivity contribution in [2.45, 2.75) is 83.4 Å². The van der Waals surface area contributed by atoms with E-state index >= 15 is 0 Å². The molecule has 18 heteroatoms. The van der Waals surface area contributed by atoms with Crippen LogP contribution in [0.15, 0.2) is 36.4 Å². The molecule has 0 unspecified atom stereocenters. The Bertz CT molecular complexity index is 1720. The molecule has 1 aliphatic carbocycles. The Balaban J connectivity index is 0.000000329. The highest BCUT2D eigenvalue weighted by Crippen LogP contribution is 2.35. The van der Waals surface area contributed by atoms with E-state index < -0.39 is 23.5 Å². The summed E-state index contributed by atoms with van der Waals surface area (Å²) in [7, 11) is 3.43. The van der Waals surface area contributed by atoms with E-state index in [1.807, 2.05) is 12.1 Å². The van der Waals surface area contributed by atoms with Gasteiger partial charge in [-0.1, -0.05) is 0 Å². The first-order chi connectivity index (χ1) is 29.2. The van der Waals surface area contributed by atoms with Crippen LogP contribution in [0.3, 0.4) is 0 Å². The zero-order chi connectivity index (χ0) is 43.9. The molecule has 4 aliphatic rings. The van der Waals surface area contributed by atoms with Crippen LogP contribution in [0.2, 0.25) is 0 Å². The van der Waals surface area contributed by atoms with Gasteiger partial charge in [0.15, 0.2) is 0 Å². The quantitative estimate of drug-likeness (QED) is 0.177. The van der Waals surface area contributed by atoms with Gasteiger partial charge >= 0.3 is 6.18 Å². The molecular weight excluding hydrogens is 865 g/mol. The van der Waals surface area contributed by atoms with Crippen molar-refractivity contribution in [3.05, 3.63) is 47.8 Å². The molecule has 2 amide bonds. The van der Waals surface area contributed by atoms with Crippen LogP contribution in [0.25, 0.3) is 0 Å². The normalized spacial score (nSPS) is 20.4. The van der Waals surface area contributed by atoms with Crippen LogP contribution in [0.5, 0.6) is 11.5 Å². The molecule has 0 bridgehead atoms. The highest BCUT2D eigenvalue weighted by atomic mass is 35.5. The second-order valence-corrected chi connectivity index (χ2v) is 17.1. The third-order valence-electron chi connectivity index (χ3n) is 12.8. The van der Waals surface area contributed by atoms with Gasteiger partial charge in [-0.15, -0.1) is 24.8 Å². The maximum absolute atomic E-state index is 14.2. The molecule has 3 saturated heterocycles. The van der Waals surface area contributed by atoms with Crippen LogP contribution in [-0.4, -0.2) is 138 Å². The summed E-state index contributed by atoms with van der Waals surface area (Å²) >= 11 is 0. The van der Waals surface area contributed by atoms with Gasteiger partial charge in [-0.2, -0.15) is 13.2 Å². The number of hydrogen-bond acceptors (Lipinski definition) is 10. The van der Waals surface area contributed by atoms with Crippen LogP contribution < -0.4 is 30.3 Å². The molecule has 2 aromatic carbocycles. The zero-order valence-corrected chi connectivity index (χ0v) is 38.8. The number of nitrogens with one attached hydrogen (secondary N) is 1. The molecule has 0 spiro atoms. The molecule has 0 aromatic heterocycles. The highest BCUT2D eigenvalue weighted by molar-refractivity contribution is 5.85. The number of piperidine rings is 1. The van der Waals surface area contributed by atoms with E-state index in [2.05, 4.69) is 31.0 Å². The maximum Gasteiger partial charge on any atom is 0.416 e. The molecule has 3 heterocycles. The Morgan fingerprint density at radius 1 is 0.698 bits per heavy atom. The number of anilines is 2. The molecule has 3 aliphatic heterocycles. The fraction of sp³-hybridized carbons (Fsp3) is 0.667. The van der Waals surface area contributed by atoms with Crippen LogP contribution >= 0.6 is 24.8 Å². The number of nitrogens with zero attached hydrogens (tertiary/aromatic N) is 5. The van der Waals surface area contributed by atoms with Crippen molar-refractivity contribution in [1.82, 2.24) is 20.0 Å². The SMILES string of the molecule is COc1ccc(OC)c(N2CCN(CCC3CCN(CC(C)=O)CC3)CC2)c1.Cl.Cl.NC(=O)CCC(=O)NC1CCC(CCN2CCN(c3cc(C(F)(F)F)ccc3F)CC2)CC1. The molecule has 63 heavy (non-hydrogen) atoms. The Morgan fingerprint density at radius 2 is 1.25 bits per heavy atom. The van der Waals surface area contributed by atoms with E-state index in [1.165, 1.54) is 25.8 Å². The number of methoxy groups -OCH3 is 2. The number of likely N-dealkylation sites (tertiary alicyclic amines) is 1. The first kappa shape index (κ1) is 53.8. The number of amides is 2. The van der Waals surface area contributed by atoms with Crippen LogP contribution in [-0.2, 0) is 20.6 Å². The summed E-state index contributed by atoms with van der Waals surface area (Å²) in [4.78, 5) is 45.1. The second kappa shape index (κ2) is 26.4. The van der Waals surface area contributed by atoms with Crippen molar-refractivity contribution < 1.29 is 41.4 Å². The van der Waals surface area contributed by atoms with E-state index in [9.17, 15) is 31.9 Å². The summed E-state index contributed by atoms with van der Waals surface area (Å²) in [6.45, 7) is 13.1. The van der Waals surface area contributed by atoms with Crippen molar-refractivity contribution >= 4 is 53.8 Å². The Hall–Kier alpha value is -3.57. The maximum atomic E-state index is 14.2. The lowest BCUT2D eigenvalue weighted by molar-refractivity contribution is -0.137. The summed E-state index contributed by atoms with van der Waals surface area (Å²) in [5.41, 5.74) is 5.38. The number of Topliss-reactive ketones (excluding diaryl/α,β-unsaturated/α-hetero) is 1. The first-order valence-corrected chi connectivity index (χ1v) is 22.0. The fourth-order valence-electron chi connectivity index (χ4n) is 9.01. The number of ketones is 1. The smallest absolute Gasteiger partial charge is 0.416 e. The van der Waals surface area contributed by atoms with E-state index in [0.717, 1.165) is 119 Å². The van der Waals surface area contributed by atoms with Crippen molar-refractivity contribution in [2.75, 3.05) is 109 Å². The summed E-state index contributed by atoms with van der Waals surface area (Å²) in [6.07, 6.45) is 4.34. The second-order valence-electron chi connectivity index (χ2n) is 17.1. The van der Waals surface area contributed by atoms with Gasteiger partial charge in [0.05, 0.1) is 37.7 Å². The number of carbonyl (C=O) groups excluding carboxylic acids is 3. The molecule has 3 N–H and O–H groups in total. The van der Waals surface area contributed by atoms with Gasteiger partial charge in [-0.3, -0.25) is 29.1 Å². The number of alkyl halides is 3. The van der Waals surface area contributed by atoms with Crippen molar-refractivity contribution in [2.24, 2.45) is 17.6 Å². The molecular formula is C45H69Cl2F4N7O5. The van der Waals surface area contributed by atoms with Gasteiger partial charge in [0.1, 0.15) is 23.1 Å². The lowest BCUT2D eigenvalue weighted by Crippen LogP contribution is -2.47. The van der Waals surface area contributed by atoms with Crippen LogP contribution in [0.1, 0.15) is 76.7 Å². The molecule has 6 rings (SSSR count). The number of halogens is 6. The number of primary amides is 1. The monoisotopic (exact) mass is 933 g/mol. The summed E-state index contributed by atoms with van der Waals surface area (Å²) in [5, 5.41) is 2.97. The van der Waals surface area contributed by atoms with Gasteiger partial charge in [-0.05, 0) is 127 Å². The first-order valence-electron chi connectivity index (χ1n) is 22.0. The van der Waals surface area contributed by atoms with Gasteiger partial charge in [-0.25, -0.2) is 4.39 Å². The number of benzene rings is 2. The molecule has 0 atom stereocenters. The average molecular weight is 935 g/mol.